The Hall–Kier alpha value is -0.220. The molecule has 2 unspecified atom stereocenters. The lowest BCUT2D eigenvalue weighted by Crippen LogP contribution is -2.56. The van der Waals surface area contributed by atoms with Crippen molar-refractivity contribution in [2.45, 2.75) is 69.7 Å². The summed E-state index contributed by atoms with van der Waals surface area (Å²) in [6.07, 6.45) is 4.95. The quantitative estimate of drug-likeness (QED) is 0.768. The Bertz CT molecular complexity index is 254. The summed E-state index contributed by atoms with van der Waals surface area (Å²) in [5.74, 6) is 1.16. The summed E-state index contributed by atoms with van der Waals surface area (Å²) in [4.78, 5) is 12.2. The van der Waals surface area contributed by atoms with Crippen molar-refractivity contribution in [3.63, 3.8) is 0 Å². The lowest BCUT2D eigenvalue weighted by Gasteiger charge is -2.29. The normalized spacial score (nSPS) is 24.9. The SMILES string of the molecule is CCSC1CCCC1NC(=O)C(N)(CC)CC. The predicted molar refractivity (Wildman–Crippen MR) is 75.2 cm³/mol. The van der Waals surface area contributed by atoms with E-state index in [9.17, 15) is 4.79 Å². The molecule has 1 rings (SSSR count). The maximum Gasteiger partial charge on any atom is 0.240 e. The van der Waals surface area contributed by atoms with E-state index in [-0.39, 0.29) is 5.91 Å². The van der Waals surface area contributed by atoms with Crippen molar-refractivity contribution in [2.75, 3.05) is 5.75 Å². The molecular weight excluding hydrogens is 232 g/mol. The van der Waals surface area contributed by atoms with Gasteiger partial charge in [-0.1, -0.05) is 27.2 Å². The molecule has 2 atom stereocenters. The second kappa shape index (κ2) is 6.64. The van der Waals surface area contributed by atoms with E-state index in [1.807, 2.05) is 25.6 Å². The number of nitrogens with two attached hydrogens (primary N) is 1. The van der Waals surface area contributed by atoms with Gasteiger partial charge in [-0.3, -0.25) is 4.79 Å². The van der Waals surface area contributed by atoms with Gasteiger partial charge >= 0.3 is 0 Å². The summed E-state index contributed by atoms with van der Waals surface area (Å²) in [6.45, 7) is 6.14. The van der Waals surface area contributed by atoms with Gasteiger partial charge in [-0.15, -0.1) is 0 Å². The van der Waals surface area contributed by atoms with E-state index in [2.05, 4.69) is 12.2 Å². The first-order valence-electron chi connectivity index (χ1n) is 6.78. The van der Waals surface area contributed by atoms with E-state index in [0.29, 0.717) is 24.1 Å². The Morgan fingerprint density at radius 2 is 2.00 bits per heavy atom. The molecule has 0 saturated heterocycles. The predicted octanol–water partition coefficient (Wildman–Crippen LogP) is 2.29. The maximum absolute atomic E-state index is 12.2. The van der Waals surface area contributed by atoms with Gasteiger partial charge in [-0.2, -0.15) is 11.8 Å². The van der Waals surface area contributed by atoms with Crippen molar-refractivity contribution in [3.8, 4) is 0 Å². The van der Waals surface area contributed by atoms with Crippen molar-refractivity contribution >= 4 is 17.7 Å². The van der Waals surface area contributed by atoms with Crippen LogP contribution in [0.3, 0.4) is 0 Å². The second-order valence-corrected chi connectivity index (χ2v) is 6.38. The Labute approximate surface area is 109 Å². The molecule has 1 fully saturated rings. The van der Waals surface area contributed by atoms with E-state index in [1.54, 1.807) is 0 Å². The zero-order valence-electron chi connectivity index (χ0n) is 11.3. The van der Waals surface area contributed by atoms with Crippen molar-refractivity contribution in [1.29, 1.82) is 0 Å². The van der Waals surface area contributed by atoms with Gasteiger partial charge in [0.15, 0.2) is 0 Å². The molecule has 1 saturated carbocycles. The van der Waals surface area contributed by atoms with E-state index >= 15 is 0 Å². The van der Waals surface area contributed by atoms with Crippen LogP contribution in [0.25, 0.3) is 0 Å². The van der Waals surface area contributed by atoms with Gasteiger partial charge in [0.2, 0.25) is 5.91 Å². The molecule has 0 bridgehead atoms. The van der Waals surface area contributed by atoms with Crippen LogP contribution in [0.5, 0.6) is 0 Å². The molecule has 0 aromatic heterocycles. The number of hydrogen-bond acceptors (Lipinski definition) is 3. The smallest absolute Gasteiger partial charge is 0.240 e. The van der Waals surface area contributed by atoms with Crippen LogP contribution in [0.15, 0.2) is 0 Å². The van der Waals surface area contributed by atoms with Gasteiger partial charge in [0.05, 0.1) is 5.54 Å². The Balaban J connectivity index is 2.55. The topological polar surface area (TPSA) is 55.1 Å². The average molecular weight is 258 g/mol. The molecule has 3 nitrogen and oxygen atoms in total. The highest BCUT2D eigenvalue weighted by atomic mass is 32.2. The average Bonchev–Trinajstić information content (AvgIpc) is 2.76. The van der Waals surface area contributed by atoms with Crippen LogP contribution in [0.2, 0.25) is 0 Å². The summed E-state index contributed by atoms with van der Waals surface area (Å²) in [5.41, 5.74) is 5.44. The van der Waals surface area contributed by atoms with Crippen molar-refractivity contribution < 1.29 is 4.79 Å². The van der Waals surface area contributed by atoms with Crippen LogP contribution in [0.1, 0.15) is 52.9 Å². The number of carbonyl (C=O) groups excluding carboxylic acids is 1. The number of hydrogen-bond donors (Lipinski definition) is 2. The first kappa shape index (κ1) is 14.8. The molecule has 1 aliphatic rings. The third-order valence-corrected chi connectivity index (χ3v) is 5.19. The minimum absolute atomic E-state index is 0.0381. The highest BCUT2D eigenvalue weighted by Crippen LogP contribution is 2.30. The third-order valence-electron chi connectivity index (χ3n) is 3.86. The van der Waals surface area contributed by atoms with Crippen molar-refractivity contribution in [3.05, 3.63) is 0 Å². The highest BCUT2D eigenvalue weighted by molar-refractivity contribution is 7.99. The zero-order chi connectivity index (χ0) is 12.9. The number of carbonyl (C=O) groups is 1. The second-order valence-electron chi connectivity index (χ2n) is 4.87. The summed E-state index contributed by atoms with van der Waals surface area (Å²) >= 11 is 1.96. The molecule has 100 valence electrons. The van der Waals surface area contributed by atoms with Crippen molar-refractivity contribution in [1.82, 2.24) is 5.32 Å². The molecule has 0 spiro atoms. The summed E-state index contributed by atoms with van der Waals surface area (Å²) in [6, 6.07) is 0.327. The van der Waals surface area contributed by atoms with Crippen LogP contribution in [-0.2, 0) is 4.79 Å². The van der Waals surface area contributed by atoms with Crippen LogP contribution in [0, 0.1) is 0 Å². The lowest BCUT2D eigenvalue weighted by molar-refractivity contribution is -0.127. The van der Waals surface area contributed by atoms with Gasteiger partial charge in [-0.25, -0.2) is 0 Å². The van der Waals surface area contributed by atoms with E-state index < -0.39 is 5.54 Å². The van der Waals surface area contributed by atoms with Gasteiger partial charge in [-0.05, 0) is 31.4 Å². The molecule has 0 aromatic rings. The molecule has 3 N–H and O–H groups in total. The third kappa shape index (κ3) is 3.62. The van der Waals surface area contributed by atoms with Gasteiger partial charge in [0, 0.05) is 11.3 Å². The zero-order valence-corrected chi connectivity index (χ0v) is 12.1. The molecule has 1 aliphatic carbocycles. The van der Waals surface area contributed by atoms with E-state index in [1.165, 1.54) is 12.8 Å². The highest BCUT2D eigenvalue weighted by Gasteiger charge is 2.35. The van der Waals surface area contributed by atoms with Crippen LogP contribution < -0.4 is 11.1 Å². The molecule has 4 heteroatoms. The molecule has 17 heavy (non-hydrogen) atoms. The minimum atomic E-state index is -0.677. The molecule has 0 heterocycles. The Kier molecular flexibility index (Phi) is 5.80. The van der Waals surface area contributed by atoms with Gasteiger partial charge in [0.25, 0.3) is 0 Å². The standard InChI is InChI=1S/C13H26N2OS/c1-4-13(14,5-2)12(16)15-10-8-7-9-11(10)17-6-3/h10-11H,4-9,14H2,1-3H3,(H,15,16). The van der Waals surface area contributed by atoms with Gasteiger partial charge in [0.1, 0.15) is 0 Å². The maximum atomic E-state index is 12.2. The van der Waals surface area contributed by atoms with Crippen LogP contribution >= 0.6 is 11.8 Å². The number of nitrogens with one attached hydrogen (secondary N) is 1. The Morgan fingerprint density at radius 3 is 2.53 bits per heavy atom. The van der Waals surface area contributed by atoms with Crippen molar-refractivity contribution in [2.24, 2.45) is 5.73 Å². The molecular formula is C13H26N2OS. The van der Waals surface area contributed by atoms with E-state index in [0.717, 1.165) is 12.2 Å². The van der Waals surface area contributed by atoms with Gasteiger partial charge < -0.3 is 11.1 Å². The van der Waals surface area contributed by atoms with Crippen LogP contribution in [0.4, 0.5) is 0 Å². The lowest BCUT2D eigenvalue weighted by atomic mass is 9.93. The molecule has 0 aliphatic heterocycles. The summed E-state index contributed by atoms with van der Waals surface area (Å²) in [5, 5.41) is 3.76. The molecule has 1 amide bonds. The fraction of sp³-hybridized carbons (Fsp3) is 0.923. The number of rotatable bonds is 6. The molecule has 0 aromatic carbocycles. The fourth-order valence-corrected chi connectivity index (χ4v) is 3.59. The number of thioether (sulfide) groups is 1. The largest absolute Gasteiger partial charge is 0.351 e. The monoisotopic (exact) mass is 258 g/mol. The number of amides is 1. The summed E-state index contributed by atoms with van der Waals surface area (Å²) < 4.78 is 0. The first-order chi connectivity index (χ1) is 8.07. The Morgan fingerprint density at radius 1 is 1.35 bits per heavy atom. The fourth-order valence-electron chi connectivity index (χ4n) is 2.39. The van der Waals surface area contributed by atoms with Crippen LogP contribution in [-0.4, -0.2) is 28.5 Å². The first-order valence-corrected chi connectivity index (χ1v) is 7.83. The summed E-state index contributed by atoms with van der Waals surface area (Å²) in [7, 11) is 0. The minimum Gasteiger partial charge on any atom is -0.351 e. The van der Waals surface area contributed by atoms with E-state index in [4.69, 9.17) is 5.73 Å². The molecule has 0 radical (unpaired) electrons.